The number of hydrogen-bond acceptors (Lipinski definition) is 4. The molecule has 52 heavy (non-hydrogen) atoms. The van der Waals surface area contributed by atoms with Gasteiger partial charge < -0.3 is 4.90 Å². The molecule has 10 aromatic rings. The first kappa shape index (κ1) is 24.1. The zero-order valence-corrected chi connectivity index (χ0v) is 27.6. The van der Waals surface area contributed by atoms with Crippen LogP contribution in [0.2, 0.25) is 0 Å². The Hall–Kier alpha value is -7.11. The first-order valence-electron chi connectivity index (χ1n) is 19.6. The molecule has 0 N–H and O–H groups in total. The van der Waals surface area contributed by atoms with E-state index in [-0.39, 0.29) is 29.4 Å². The van der Waals surface area contributed by atoms with Crippen molar-refractivity contribution in [3.8, 4) is 39.9 Å². The number of fused-ring (bicyclic) bond motifs is 6. The lowest BCUT2D eigenvalue weighted by Crippen LogP contribution is -2.15. The Morgan fingerprint density at radius 2 is 1.10 bits per heavy atom. The van der Waals surface area contributed by atoms with E-state index in [1.807, 2.05) is 59.2 Å². The molecule has 0 spiro atoms. The quantitative estimate of drug-likeness (QED) is 0.187. The van der Waals surface area contributed by atoms with Crippen LogP contribution >= 0.6 is 0 Å². The van der Waals surface area contributed by atoms with Crippen molar-refractivity contribution in [1.82, 2.24) is 19.5 Å². The van der Waals surface area contributed by atoms with E-state index >= 15 is 0 Å². The van der Waals surface area contributed by atoms with Gasteiger partial charge >= 0.3 is 0 Å². The van der Waals surface area contributed by atoms with Crippen molar-refractivity contribution in [3.05, 3.63) is 176 Å². The average Bonchev–Trinajstić information content (AvgIpc) is 3.59. The van der Waals surface area contributed by atoms with Crippen molar-refractivity contribution in [2.24, 2.45) is 0 Å². The van der Waals surface area contributed by atoms with E-state index < -0.39 is 18.1 Å². The van der Waals surface area contributed by atoms with Crippen molar-refractivity contribution < 1.29 is 6.85 Å². The molecule has 3 heterocycles. The molecule has 0 atom stereocenters. The van der Waals surface area contributed by atoms with Crippen LogP contribution in [0.5, 0.6) is 0 Å². The third kappa shape index (κ3) is 4.33. The maximum absolute atomic E-state index is 8.88. The molecule has 242 valence electrons. The summed E-state index contributed by atoms with van der Waals surface area (Å²) < 4.78 is 44.9. The van der Waals surface area contributed by atoms with Gasteiger partial charge in [-0.3, -0.25) is 4.57 Å². The van der Waals surface area contributed by atoms with E-state index in [2.05, 4.69) is 95.9 Å². The fraction of sp³-hybridized carbons (Fsp3) is 0. The molecule has 8 aromatic carbocycles. The van der Waals surface area contributed by atoms with Crippen LogP contribution in [0.25, 0.3) is 83.2 Å². The van der Waals surface area contributed by atoms with Crippen molar-refractivity contribution >= 4 is 60.4 Å². The van der Waals surface area contributed by atoms with Crippen molar-refractivity contribution in [2.45, 2.75) is 0 Å². The summed E-state index contributed by atoms with van der Waals surface area (Å²) >= 11 is 0. The second-order valence-corrected chi connectivity index (χ2v) is 12.9. The van der Waals surface area contributed by atoms with E-state index in [1.54, 1.807) is 0 Å². The zero-order chi connectivity index (χ0) is 38.5. The number of anilines is 3. The zero-order valence-electron chi connectivity index (χ0n) is 32.6. The van der Waals surface area contributed by atoms with Crippen LogP contribution in [-0.2, 0) is 0 Å². The molecular weight excluding hydrogens is 635 g/mol. The van der Waals surface area contributed by atoms with Gasteiger partial charge in [-0.1, -0.05) is 133 Å². The molecule has 0 bridgehead atoms. The minimum absolute atomic E-state index is 0.0206. The lowest BCUT2D eigenvalue weighted by Gasteiger charge is -2.34. The minimum Gasteiger partial charge on any atom is -0.309 e. The molecule has 0 saturated heterocycles. The van der Waals surface area contributed by atoms with Gasteiger partial charge in [0.2, 0.25) is 5.95 Å². The van der Waals surface area contributed by atoms with Gasteiger partial charge in [0.1, 0.15) is 0 Å². The molecule has 2 aromatic heterocycles. The summed E-state index contributed by atoms with van der Waals surface area (Å²) in [6.45, 7) is 0. The number of nitrogens with zero attached hydrogens (tertiary/aromatic N) is 5. The summed E-state index contributed by atoms with van der Waals surface area (Å²) in [5, 5.41) is 6.59. The summed E-state index contributed by atoms with van der Waals surface area (Å²) in [4.78, 5) is 17.2. The van der Waals surface area contributed by atoms with Crippen LogP contribution in [0.1, 0.15) is 6.85 Å². The highest BCUT2D eigenvalue weighted by Gasteiger charge is 2.27. The molecule has 0 aliphatic carbocycles. The molecule has 0 unspecified atom stereocenters. The smallest absolute Gasteiger partial charge is 0.238 e. The summed E-state index contributed by atoms with van der Waals surface area (Å²) in [7, 11) is 0. The van der Waals surface area contributed by atoms with E-state index in [9.17, 15) is 0 Å². The molecule has 0 radical (unpaired) electrons. The first-order chi connectivity index (χ1) is 27.9. The third-order valence-corrected chi connectivity index (χ3v) is 10.0. The maximum Gasteiger partial charge on any atom is 0.238 e. The highest BCUT2D eigenvalue weighted by Crippen LogP contribution is 2.52. The molecule has 0 amide bonds. The van der Waals surface area contributed by atoms with Gasteiger partial charge in [-0.15, -0.1) is 0 Å². The SMILES string of the molecule is [2H]c1c([2H])c([2H])c(-c2nc(-c3cccc(N4c5cc6ccccc6cc5-c5cccc6cccc4c56)c3)nc(-n3c4ccccc4c4ccccc43)n2)c([2H])c1[2H]. The molecule has 0 fully saturated rings. The molecule has 5 nitrogen and oxygen atoms in total. The van der Waals surface area contributed by atoms with Gasteiger partial charge in [0.05, 0.1) is 29.3 Å². The number of benzene rings is 8. The monoisotopic (exact) mass is 668 g/mol. The fourth-order valence-corrected chi connectivity index (χ4v) is 7.76. The second-order valence-electron chi connectivity index (χ2n) is 12.9. The van der Waals surface area contributed by atoms with Gasteiger partial charge in [0.15, 0.2) is 11.6 Å². The van der Waals surface area contributed by atoms with Crippen LogP contribution in [0.4, 0.5) is 17.1 Å². The minimum atomic E-state index is -0.482. The van der Waals surface area contributed by atoms with E-state index in [0.29, 0.717) is 11.4 Å². The van der Waals surface area contributed by atoms with Gasteiger partial charge in [-0.2, -0.15) is 9.97 Å². The number of rotatable bonds is 4. The molecule has 0 saturated carbocycles. The Morgan fingerprint density at radius 3 is 1.87 bits per heavy atom. The van der Waals surface area contributed by atoms with Gasteiger partial charge in [0, 0.05) is 38.5 Å². The van der Waals surface area contributed by atoms with Crippen LogP contribution in [0.15, 0.2) is 176 Å². The molecular formula is C47H29N5. The van der Waals surface area contributed by atoms with Crippen LogP contribution < -0.4 is 4.90 Å². The van der Waals surface area contributed by atoms with Crippen LogP contribution in [0, 0.1) is 0 Å². The Kier molecular flexibility index (Phi) is 5.19. The molecule has 1 aliphatic rings. The van der Waals surface area contributed by atoms with Crippen molar-refractivity contribution in [1.29, 1.82) is 0 Å². The Morgan fingerprint density at radius 1 is 0.462 bits per heavy atom. The van der Waals surface area contributed by atoms with E-state index in [1.165, 1.54) is 5.56 Å². The van der Waals surface area contributed by atoms with Gasteiger partial charge in [-0.05, 0) is 64.2 Å². The highest BCUT2D eigenvalue weighted by molar-refractivity contribution is 6.15. The van der Waals surface area contributed by atoms with E-state index in [4.69, 9.17) is 21.8 Å². The summed E-state index contributed by atoms with van der Waals surface area (Å²) in [6, 6.07) is 47.6. The van der Waals surface area contributed by atoms with Crippen molar-refractivity contribution in [2.75, 3.05) is 4.90 Å². The third-order valence-electron chi connectivity index (χ3n) is 10.0. The molecule has 11 rings (SSSR count). The fourth-order valence-electron chi connectivity index (χ4n) is 7.76. The largest absolute Gasteiger partial charge is 0.309 e. The summed E-state index contributed by atoms with van der Waals surface area (Å²) in [5.74, 6) is 0.533. The predicted molar refractivity (Wildman–Crippen MR) is 214 cm³/mol. The average molecular weight is 669 g/mol. The van der Waals surface area contributed by atoms with Crippen molar-refractivity contribution in [3.63, 3.8) is 0 Å². The molecule has 1 aliphatic heterocycles. The van der Waals surface area contributed by atoms with Gasteiger partial charge in [0.25, 0.3) is 0 Å². The highest BCUT2D eigenvalue weighted by atomic mass is 15.2. The predicted octanol–water partition coefficient (Wildman–Crippen LogP) is 12.1. The summed E-state index contributed by atoms with van der Waals surface area (Å²) in [6.07, 6.45) is 0. The lowest BCUT2D eigenvalue weighted by atomic mass is 9.89. The number of para-hydroxylation sites is 2. The number of hydrogen-bond donors (Lipinski definition) is 0. The van der Waals surface area contributed by atoms with Crippen LogP contribution in [0.3, 0.4) is 0 Å². The topological polar surface area (TPSA) is 46.8 Å². The lowest BCUT2D eigenvalue weighted by molar-refractivity contribution is 0.953. The maximum atomic E-state index is 8.88. The normalized spacial score (nSPS) is 13.5. The van der Waals surface area contributed by atoms with Gasteiger partial charge in [-0.25, -0.2) is 4.98 Å². The molecule has 5 heteroatoms. The number of aromatic nitrogens is 4. The van der Waals surface area contributed by atoms with E-state index in [0.717, 1.165) is 66.0 Å². The standard InChI is InChI=1S/C47H29N5/c1-2-13-31(14-3-1)45-48-46(50-47(49-45)52-40-24-8-6-21-36(40)37-22-7-9-25-41(37)52)34-19-10-20-35(27-34)51-42-26-12-18-30-17-11-23-38(44(30)42)39-28-32-15-4-5-16-33(32)29-43(39)51/h1-29H/i1D,2D,3D,13D,14D. The summed E-state index contributed by atoms with van der Waals surface area (Å²) in [5.41, 5.74) is 7.56. The second kappa shape index (κ2) is 11.2. The van der Waals surface area contributed by atoms with Crippen LogP contribution in [-0.4, -0.2) is 19.5 Å². The Balaban J connectivity index is 1.18. The Labute approximate surface area is 306 Å². The first-order valence-corrected chi connectivity index (χ1v) is 17.1. The Bertz CT molecular complexity index is 3250.